The van der Waals surface area contributed by atoms with Gasteiger partial charge in [0.2, 0.25) is 0 Å². The van der Waals surface area contributed by atoms with E-state index in [4.69, 9.17) is 0 Å². The van der Waals surface area contributed by atoms with Crippen molar-refractivity contribution in [3.8, 4) is 0 Å². The van der Waals surface area contributed by atoms with Gasteiger partial charge in [0.05, 0.1) is 6.54 Å². The van der Waals surface area contributed by atoms with Gasteiger partial charge in [-0.05, 0) is 12.2 Å². The predicted octanol–water partition coefficient (Wildman–Crippen LogP) is -1.50. The summed E-state index contributed by atoms with van der Waals surface area (Å²) in [6.07, 6.45) is 0. The maximum absolute atomic E-state index is 10.3. The van der Waals surface area contributed by atoms with Crippen LogP contribution in [0.5, 0.6) is 0 Å². The van der Waals surface area contributed by atoms with Crippen molar-refractivity contribution in [1.29, 1.82) is 0 Å². The molecule has 0 aromatic rings. The van der Waals surface area contributed by atoms with Gasteiger partial charge in [-0.1, -0.05) is 0 Å². The third kappa shape index (κ3) is 1.06. The molecule has 0 spiro atoms. The van der Waals surface area contributed by atoms with Crippen LogP contribution in [-0.2, 0) is 4.79 Å². The molecule has 8 heavy (non-hydrogen) atoms. The molecule has 5 heteroatoms. The van der Waals surface area contributed by atoms with Crippen molar-refractivity contribution >= 4 is 23.2 Å². The van der Waals surface area contributed by atoms with Gasteiger partial charge in [-0.2, -0.15) is 0 Å². The Morgan fingerprint density at radius 2 is 2.25 bits per heavy atom. The fraction of sp³-hybridized carbons (Fsp3) is 0.333. The number of nitrogens with one attached hydrogen (secondary N) is 3. The quantitative estimate of drug-likeness (QED) is 0.350. The highest BCUT2D eigenvalue weighted by atomic mass is 32.1. The van der Waals surface area contributed by atoms with Crippen LogP contribution in [0.2, 0.25) is 0 Å². The molecule has 3 N–H and O–H groups in total. The van der Waals surface area contributed by atoms with Crippen LogP contribution in [0.1, 0.15) is 0 Å². The van der Waals surface area contributed by atoms with Gasteiger partial charge in [0.1, 0.15) is 0 Å². The number of rotatable bonds is 0. The highest BCUT2D eigenvalue weighted by Crippen LogP contribution is 1.70. The zero-order valence-corrected chi connectivity index (χ0v) is 4.84. The van der Waals surface area contributed by atoms with Crippen LogP contribution in [0.15, 0.2) is 0 Å². The van der Waals surface area contributed by atoms with Gasteiger partial charge in [-0.15, -0.1) is 0 Å². The molecule has 1 rings (SSSR count). The molecule has 1 amide bonds. The molecule has 0 unspecified atom stereocenters. The van der Waals surface area contributed by atoms with E-state index in [-0.39, 0.29) is 12.5 Å². The summed E-state index contributed by atoms with van der Waals surface area (Å²) in [6.45, 7) is 0.270. The molecular weight excluding hydrogens is 126 g/mol. The van der Waals surface area contributed by atoms with E-state index in [0.29, 0.717) is 5.11 Å². The average molecular weight is 131 g/mol. The second kappa shape index (κ2) is 1.95. The second-order valence-corrected chi connectivity index (χ2v) is 1.76. The summed E-state index contributed by atoms with van der Waals surface area (Å²) in [5, 5.41) is 3.10. The standard InChI is InChI=1S/C3H5N3OS/c7-2-1-4-3(8)6-5-2/h1H2,(H,5,7)(H2,4,6,8). The van der Waals surface area contributed by atoms with Crippen LogP contribution in [0.25, 0.3) is 0 Å². The van der Waals surface area contributed by atoms with Crippen molar-refractivity contribution in [3.05, 3.63) is 0 Å². The molecule has 1 aliphatic rings. The molecule has 0 radical (unpaired) electrons. The van der Waals surface area contributed by atoms with E-state index in [1.807, 2.05) is 0 Å². The highest BCUT2D eigenvalue weighted by Gasteiger charge is 2.06. The lowest BCUT2D eigenvalue weighted by Crippen LogP contribution is -2.56. The summed E-state index contributed by atoms with van der Waals surface area (Å²) in [4.78, 5) is 10.3. The van der Waals surface area contributed by atoms with Gasteiger partial charge < -0.3 is 5.32 Å². The molecule has 1 aliphatic heterocycles. The van der Waals surface area contributed by atoms with Crippen molar-refractivity contribution in [2.75, 3.05) is 6.54 Å². The molecule has 0 bridgehead atoms. The first-order valence-corrected chi connectivity index (χ1v) is 2.52. The first-order valence-electron chi connectivity index (χ1n) is 2.12. The zero-order valence-electron chi connectivity index (χ0n) is 4.02. The SMILES string of the molecule is O=C1CNC(=S)NN1. The number of hydrogen-bond donors (Lipinski definition) is 3. The summed E-state index contributed by atoms with van der Waals surface area (Å²) in [5.74, 6) is -0.0985. The Morgan fingerprint density at radius 3 is 2.62 bits per heavy atom. The summed E-state index contributed by atoms with van der Waals surface area (Å²) < 4.78 is 0. The number of thiocarbonyl (C=S) groups is 1. The van der Waals surface area contributed by atoms with E-state index in [2.05, 4.69) is 28.4 Å². The summed E-state index contributed by atoms with van der Waals surface area (Å²) in [7, 11) is 0. The van der Waals surface area contributed by atoms with Crippen molar-refractivity contribution < 1.29 is 4.79 Å². The summed E-state index contributed by atoms with van der Waals surface area (Å²) in [6, 6.07) is 0. The Bertz CT molecular complexity index is 106. The van der Waals surface area contributed by atoms with Gasteiger partial charge in [-0.3, -0.25) is 15.6 Å². The largest absolute Gasteiger partial charge is 0.352 e. The minimum absolute atomic E-state index is 0.0985. The molecule has 0 saturated carbocycles. The van der Waals surface area contributed by atoms with Crippen LogP contribution < -0.4 is 16.2 Å². The van der Waals surface area contributed by atoms with Gasteiger partial charge in [-0.25, -0.2) is 0 Å². The van der Waals surface area contributed by atoms with Crippen LogP contribution in [-0.4, -0.2) is 17.6 Å². The number of hydrogen-bond acceptors (Lipinski definition) is 2. The van der Waals surface area contributed by atoms with Gasteiger partial charge >= 0.3 is 0 Å². The summed E-state index contributed by atoms with van der Waals surface area (Å²) >= 11 is 4.62. The Hall–Kier alpha value is -0.840. The number of carbonyl (C=O) groups excluding carboxylic acids is 1. The minimum Gasteiger partial charge on any atom is -0.352 e. The second-order valence-electron chi connectivity index (χ2n) is 1.36. The van der Waals surface area contributed by atoms with Crippen LogP contribution in [0, 0.1) is 0 Å². The minimum atomic E-state index is -0.0985. The molecule has 1 fully saturated rings. The third-order valence-corrected chi connectivity index (χ3v) is 0.971. The number of carbonyl (C=O) groups is 1. The number of hydrazine groups is 1. The monoisotopic (exact) mass is 131 g/mol. The van der Waals surface area contributed by atoms with E-state index in [1.165, 1.54) is 0 Å². The molecule has 0 aromatic carbocycles. The molecule has 0 aliphatic carbocycles. The van der Waals surface area contributed by atoms with E-state index in [0.717, 1.165) is 0 Å². The Labute approximate surface area is 51.6 Å². The van der Waals surface area contributed by atoms with E-state index >= 15 is 0 Å². The highest BCUT2D eigenvalue weighted by molar-refractivity contribution is 7.80. The first kappa shape index (κ1) is 5.30. The van der Waals surface area contributed by atoms with Crippen molar-refractivity contribution in [2.45, 2.75) is 0 Å². The lowest BCUT2D eigenvalue weighted by Gasteiger charge is -2.15. The normalized spacial score (nSPS) is 18.5. The molecule has 4 nitrogen and oxygen atoms in total. The van der Waals surface area contributed by atoms with Gasteiger partial charge in [0, 0.05) is 0 Å². The average Bonchev–Trinajstić information content (AvgIpc) is 1.77. The molecule has 0 aromatic heterocycles. The third-order valence-electron chi connectivity index (χ3n) is 0.725. The van der Waals surface area contributed by atoms with Crippen LogP contribution >= 0.6 is 12.2 Å². The molecular formula is C3H5N3OS. The molecule has 1 heterocycles. The van der Waals surface area contributed by atoms with E-state index < -0.39 is 0 Å². The van der Waals surface area contributed by atoms with Gasteiger partial charge in [0.15, 0.2) is 5.11 Å². The summed E-state index contributed by atoms with van der Waals surface area (Å²) in [5.41, 5.74) is 4.79. The lowest BCUT2D eigenvalue weighted by atomic mass is 10.6. The Kier molecular flexibility index (Phi) is 1.29. The molecule has 1 saturated heterocycles. The van der Waals surface area contributed by atoms with E-state index in [1.54, 1.807) is 0 Å². The number of amides is 1. The van der Waals surface area contributed by atoms with Crippen LogP contribution in [0.4, 0.5) is 0 Å². The topological polar surface area (TPSA) is 53.2 Å². The van der Waals surface area contributed by atoms with E-state index in [9.17, 15) is 4.79 Å². The Morgan fingerprint density at radius 1 is 1.50 bits per heavy atom. The zero-order chi connectivity index (χ0) is 5.98. The van der Waals surface area contributed by atoms with Crippen molar-refractivity contribution in [1.82, 2.24) is 16.2 Å². The maximum atomic E-state index is 10.3. The first-order chi connectivity index (χ1) is 3.79. The molecule has 0 atom stereocenters. The maximum Gasteiger partial charge on any atom is 0.257 e. The van der Waals surface area contributed by atoms with Crippen molar-refractivity contribution in [3.63, 3.8) is 0 Å². The lowest BCUT2D eigenvalue weighted by molar-refractivity contribution is -0.121. The predicted molar refractivity (Wildman–Crippen MR) is 31.9 cm³/mol. The Balaban J connectivity index is 2.40. The fourth-order valence-corrected chi connectivity index (χ4v) is 0.499. The smallest absolute Gasteiger partial charge is 0.257 e. The fourth-order valence-electron chi connectivity index (χ4n) is 0.375. The van der Waals surface area contributed by atoms with Gasteiger partial charge in [0.25, 0.3) is 5.91 Å². The van der Waals surface area contributed by atoms with Crippen molar-refractivity contribution in [2.24, 2.45) is 0 Å². The van der Waals surface area contributed by atoms with Crippen LogP contribution in [0.3, 0.4) is 0 Å². The molecule has 44 valence electrons.